The Morgan fingerprint density at radius 3 is 2.76 bits per heavy atom. The molecule has 0 radical (unpaired) electrons. The second kappa shape index (κ2) is 5.28. The van der Waals surface area contributed by atoms with Gasteiger partial charge in [-0.15, -0.1) is 0 Å². The number of likely N-dealkylation sites (tertiary alicyclic amines) is 1. The topological polar surface area (TPSA) is 20.3 Å². The first-order valence-corrected chi connectivity index (χ1v) is 6.60. The van der Waals surface area contributed by atoms with Gasteiger partial charge < -0.3 is 4.90 Å². The van der Waals surface area contributed by atoms with Crippen molar-refractivity contribution in [1.29, 1.82) is 0 Å². The Labute approximate surface area is 112 Å². The molecule has 1 aliphatic rings. The van der Waals surface area contributed by atoms with Gasteiger partial charge in [0.2, 0.25) is 5.91 Å². The highest BCUT2D eigenvalue weighted by molar-refractivity contribution is 6.42. The van der Waals surface area contributed by atoms with Crippen LogP contribution in [0.2, 0.25) is 10.0 Å². The zero-order valence-electron chi connectivity index (χ0n) is 9.75. The Hall–Kier alpha value is -0.730. The normalized spacial score (nSPS) is 20.8. The van der Waals surface area contributed by atoms with Crippen LogP contribution in [0.5, 0.6) is 0 Å². The quantitative estimate of drug-likeness (QED) is 0.803. The van der Waals surface area contributed by atoms with Crippen LogP contribution in [-0.2, 0) is 4.79 Å². The van der Waals surface area contributed by atoms with Crippen molar-refractivity contribution in [2.45, 2.75) is 25.7 Å². The summed E-state index contributed by atoms with van der Waals surface area (Å²) >= 11 is 11.9. The minimum Gasteiger partial charge on any atom is -0.342 e. The average Bonchev–Trinajstić information content (AvgIpc) is 2.33. The van der Waals surface area contributed by atoms with Gasteiger partial charge in [0.05, 0.1) is 10.0 Å². The Morgan fingerprint density at radius 1 is 1.35 bits per heavy atom. The fraction of sp³-hybridized carbons (Fsp3) is 0.462. The SMILES string of the molecule is CCN1CC(c2ccc(Cl)c(Cl)c2)CCC1=O. The van der Waals surface area contributed by atoms with Crippen LogP contribution in [0.4, 0.5) is 0 Å². The van der Waals surface area contributed by atoms with Crippen molar-refractivity contribution in [2.75, 3.05) is 13.1 Å². The van der Waals surface area contributed by atoms with Crippen molar-refractivity contribution in [3.05, 3.63) is 33.8 Å². The number of halogens is 2. The molecule has 1 atom stereocenters. The highest BCUT2D eigenvalue weighted by Crippen LogP contribution is 2.31. The molecule has 0 aromatic heterocycles. The molecule has 17 heavy (non-hydrogen) atoms. The van der Waals surface area contributed by atoms with Crippen LogP contribution in [0, 0.1) is 0 Å². The van der Waals surface area contributed by atoms with Gasteiger partial charge in [-0.1, -0.05) is 29.3 Å². The third kappa shape index (κ3) is 2.75. The molecular formula is C13H15Cl2NO. The first-order valence-electron chi connectivity index (χ1n) is 5.84. The van der Waals surface area contributed by atoms with Crippen LogP contribution >= 0.6 is 23.2 Å². The highest BCUT2D eigenvalue weighted by Gasteiger charge is 2.25. The fourth-order valence-corrected chi connectivity index (χ4v) is 2.57. The van der Waals surface area contributed by atoms with E-state index in [0.717, 1.165) is 19.5 Å². The minimum absolute atomic E-state index is 0.254. The summed E-state index contributed by atoms with van der Waals surface area (Å²) in [7, 11) is 0. The molecule has 0 N–H and O–H groups in total. The molecule has 4 heteroatoms. The first-order chi connectivity index (χ1) is 8.11. The van der Waals surface area contributed by atoms with E-state index in [1.165, 1.54) is 5.56 Å². The van der Waals surface area contributed by atoms with Gasteiger partial charge >= 0.3 is 0 Å². The van der Waals surface area contributed by atoms with Crippen molar-refractivity contribution in [3.8, 4) is 0 Å². The van der Waals surface area contributed by atoms with Crippen molar-refractivity contribution in [3.63, 3.8) is 0 Å². The third-order valence-electron chi connectivity index (χ3n) is 3.30. The molecule has 0 saturated carbocycles. The van der Waals surface area contributed by atoms with Gasteiger partial charge in [0.15, 0.2) is 0 Å². The lowest BCUT2D eigenvalue weighted by Crippen LogP contribution is -2.38. The summed E-state index contributed by atoms with van der Waals surface area (Å²) in [5.41, 5.74) is 1.17. The van der Waals surface area contributed by atoms with E-state index >= 15 is 0 Å². The maximum absolute atomic E-state index is 11.6. The van der Waals surface area contributed by atoms with Crippen molar-refractivity contribution < 1.29 is 4.79 Å². The molecule has 1 unspecified atom stereocenters. The maximum Gasteiger partial charge on any atom is 0.222 e. The molecule has 1 heterocycles. The van der Waals surface area contributed by atoms with Gasteiger partial charge in [-0.2, -0.15) is 0 Å². The number of hydrogen-bond acceptors (Lipinski definition) is 1. The number of carbonyl (C=O) groups excluding carboxylic acids is 1. The van der Waals surface area contributed by atoms with E-state index in [9.17, 15) is 4.79 Å². The van der Waals surface area contributed by atoms with Crippen LogP contribution < -0.4 is 0 Å². The second-order valence-electron chi connectivity index (χ2n) is 4.34. The van der Waals surface area contributed by atoms with Crippen LogP contribution in [0.1, 0.15) is 31.2 Å². The van der Waals surface area contributed by atoms with Gasteiger partial charge in [-0.3, -0.25) is 4.79 Å². The number of piperidine rings is 1. The molecule has 1 fully saturated rings. The smallest absolute Gasteiger partial charge is 0.222 e. The molecule has 0 bridgehead atoms. The molecule has 1 aromatic rings. The summed E-state index contributed by atoms with van der Waals surface area (Å²) in [5, 5.41) is 1.17. The Kier molecular flexibility index (Phi) is 3.95. The summed E-state index contributed by atoms with van der Waals surface area (Å²) in [6.45, 7) is 3.57. The predicted molar refractivity (Wildman–Crippen MR) is 70.7 cm³/mol. The van der Waals surface area contributed by atoms with E-state index in [4.69, 9.17) is 23.2 Å². The number of amides is 1. The number of nitrogens with zero attached hydrogens (tertiary/aromatic N) is 1. The van der Waals surface area contributed by atoms with Gasteiger partial charge in [0.25, 0.3) is 0 Å². The Morgan fingerprint density at radius 2 is 2.12 bits per heavy atom. The van der Waals surface area contributed by atoms with Gasteiger partial charge in [-0.25, -0.2) is 0 Å². The number of rotatable bonds is 2. The average molecular weight is 272 g/mol. The summed E-state index contributed by atoms with van der Waals surface area (Å²) in [6, 6.07) is 5.74. The van der Waals surface area contributed by atoms with Crippen molar-refractivity contribution >= 4 is 29.1 Å². The number of hydrogen-bond donors (Lipinski definition) is 0. The molecule has 1 saturated heterocycles. The van der Waals surface area contributed by atoms with Gasteiger partial charge in [-0.05, 0) is 31.0 Å². The molecule has 2 rings (SSSR count). The number of carbonyl (C=O) groups is 1. The van der Waals surface area contributed by atoms with E-state index in [0.29, 0.717) is 22.4 Å². The highest BCUT2D eigenvalue weighted by atomic mass is 35.5. The molecule has 1 amide bonds. The van der Waals surface area contributed by atoms with E-state index in [2.05, 4.69) is 0 Å². The zero-order valence-corrected chi connectivity index (χ0v) is 11.3. The molecule has 0 spiro atoms. The zero-order chi connectivity index (χ0) is 12.4. The van der Waals surface area contributed by atoms with E-state index < -0.39 is 0 Å². The molecule has 2 nitrogen and oxygen atoms in total. The van der Waals surface area contributed by atoms with E-state index in [-0.39, 0.29) is 5.91 Å². The van der Waals surface area contributed by atoms with Gasteiger partial charge in [0, 0.05) is 25.4 Å². The second-order valence-corrected chi connectivity index (χ2v) is 5.16. The molecular weight excluding hydrogens is 257 g/mol. The van der Waals surface area contributed by atoms with Crippen LogP contribution in [0.3, 0.4) is 0 Å². The summed E-state index contributed by atoms with van der Waals surface area (Å²) in [4.78, 5) is 13.5. The first kappa shape index (κ1) is 12.7. The lowest BCUT2D eigenvalue weighted by Gasteiger charge is -2.32. The minimum atomic E-state index is 0.254. The standard InChI is InChI=1S/C13H15Cl2NO/c1-2-16-8-10(4-6-13(16)17)9-3-5-11(14)12(15)7-9/h3,5,7,10H,2,4,6,8H2,1H3. The predicted octanol–water partition coefficient (Wildman–Crippen LogP) is 3.72. The molecule has 1 aromatic carbocycles. The van der Waals surface area contributed by atoms with Crippen LogP contribution in [0.25, 0.3) is 0 Å². The van der Waals surface area contributed by atoms with Crippen molar-refractivity contribution in [1.82, 2.24) is 4.90 Å². The van der Waals surface area contributed by atoms with Crippen LogP contribution in [0.15, 0.2) is 18.2 Å². The summed E-state index contributed by atoms with van der Waals surface area (Å²) < 4.78 is 0. The number of benzene rings is 1. The van der Waals surface area contributed by atoms with Crippen LogP contribution in [-0.4, -0.2) is 23.9 Å². The van der Waals surface area contributed by atoms with E-state index in [1.54, 1.807) is 0 Å². The number of likely N-dealkylation sites (N-methyl/N-ethyl adjacent to an activating group) is 1. The maximum atomic E-state index is 11.6. The molecule has 1 aliphatic heterocycles. The lowest BCUT2D eigenvalue weighted by atomic mass is 9.90. The van der Waals surface area contributed by atoms with E-state index in [1.807, 2.05) is 30.0 Å². The Balaban J connectivity index is 2.17. The third-order valence-corrected chi connectivity index (χ3v) is 4.04. The van der Waals surface area contributed by atoms with Gasteiger partial charge in [0.1, 0.15) is 0 Å². The Bertz CT molecular complexity index is 433. The molecule has 92 valence electrons. The largest absolute Gasteiger partial charge is 0.342 e. The van der Waals surface area contributed by atoms with Crippen molar-refractivity contribution in [2.24, 2.45) is 0 Å². The summed E-state index contributed by atoms with van der Waals surface area (Å²) in [6.07, 6.45) is 1.52. The fourth-order valence-electron chi connectivity index (χ4n) is 2.26. The molecule has 0 aliphatic carbocycles. The monoisotopic (exact) mass is 271 g/mol. The summed E-state index contributed by atoms with van der Waals surface area (Å²) in [5.74, 6) is 0.631. The lowest BCUT2D eigenvalue weighted by molar-refractivity contribution is -0.133.